The number of carbonyl (C=O) groups is 1. The van der Waals surface area contributed by atoms with E-state index in [1.807, 2.05) is 11.9 Å². The number of carbonyl (C=O) groups excluding carboxylic acids is 1. The number of methoxy groups -OCH3 is 1. The molecular weight excluding hydrogens is 208 g/mol. The zero-order valence-electron chi connectivity index (χ0n) is 10.1. The highest BCUT2D eigenvalue weighted by atomic mass is 16.5. The normalized spacial score (nSPS) is 24.2. The second kappa shape index (κ2) is 6.83. The van der Waals surface area contributed by atoms with Crippen LogP contribution >= 0.6 is 0 Å². The molecule has 16 heavy (non-hydrogen) atoms. The number of hydrogen-bond donors (Lipinski definition) is 2. The Labute approximate surface area is 96.8 Å². The maximum Gasteiger partial charge on any atom is 0.234 e. The Hall–Kier alpha value is -0.650. The second-order valence-electron chi connectivity index (χ2n) is 4.53. The van der Waals surface area contributed by atoms with E-state index in [9.17, 15) is 4.79 Å². The van der Waals surface area contributed by atoms with Crippen molar-refractivity contribution in [3.05, 3.63) is 0 Å². The molecule has 5 heteroatoms. The number of nitrogens with one attached hydrogen (secondary N) is 1. The Balaban J connectivity index is 2.04. The van der Waals surface area contributed by atoms with Gasteiger partial charge < -0.3 is 15.2 Å². The lowest BCUT2D eigenvalue weighted by atomic mass is 9.82. The average molecular weight is 230 g/mol. The predicted molar refractivity (Wildman–Crippen MR) is 61.1 cm³/mol. The number of rotatable bonds is 7. The molecule has 0 bridgehead atoms. The molecule has 1 aliphatic rings. The zero-order valence-corrected chi connectivity index (χ0v) is 10.1. The van der Waals surface area contributed by atoms with Crippen LogP contribution in [0.1, 0.15) is 12.8 Å². The first-order valence-corrected chi connectivity index (χ1v) is 5.74. The van der Waals surface area contributed by atoms with Gasteiger partial charge in [0, 0.05) is 20.2 Å². The van der Waals surface area contributed by atoms with Crippen LogP contribution in [0.15, 0.2) is 0 Å². The minimum absolute atomic E-state index is 0.0272. The summed E-state index contributed by atoms with van der Waals surface area (Å²) in [6, 6.07) is 0. The molecule has 94 valence electrons. The van der Waals surface area contributed by atoms with Gasteiger partial charge in [0.05, 0.1) is 19.3 Å². The fourth-order valence-electron chi connectivity index (χ4n) is 1.95. The third kappa shape index (κ3) is 4.92. The number of likely N-dealkylation sites (N-methyl/N-ethyl adjacent to an activating group) is 1. The number of hydrogen-bond acceptors (Lipinski definition) is 4. The van der Waals surface area contributed by atoms with Crippen LogP contribution in [-0.2, 0) is 9.53 Å². The van der Waals surface area contributed by atoms with E-state index in [1.54, 1.807) is 7.11 Å². The van der Waals surface area contributed by atoms with Crippen molar-refractivity contribution in [2.75, 3.05) is 40.4 Å². The first kappa shape index (κ1) is 13.4. The van der Waals surface area contributed by atoms with E-state index in [-0.39, 0.29) is 12.0 Å². The van der Waals surface area contributed by atoms with E-state index < -0.39 is 0 Å². The molecule has 1 saturated carbocycles. The summed E-state index contributed by atoms with van der Waals surface area (Å²) in [5, 5.41) is 11.9. The molecule has 0 heterocycles. The third-order valence-electron chi connectivity index (χ3n) is 2.82. The summed E-state index contributed by atoms with van der Waals surface area (Å²) < 4.78 is 4.84. The van der Waals surface area contributed by atoms with Gasteiger partial charge in [-0.15, -0.1) is 0 Å². The summed E-state index contributed by atoms with van der Waals surface area (Å²) in [5.74, 6) is 0.575. The molecule has 5 nitrogen and oxygen atoms in total. The predicted octanol–water partition coefficient (Wildman–Crippen LogP) is -0.548. The molecule has 1 fully saturated rings. The van der Waals surface area contributed by atoms with Crippen molar-refractivity contribution >= 4 is 5.91 Å². The van der Waals surface area contributed by atoms with Crippen LogP contribution < -0.4 is 5.32 Å². The van der Waals surface area contributed by atoms with Crippen LogP contribution in [0.4, 0.5) is 0 Å². The molecular formula is C11H22N2O3. The Morgan fingerprint density at radius 3 is 2.81 bits per heavy atom. The van der Waals surface area contributed by atoms with E-state index in [0.717, 1.165) is 19.4 Å². The Kier molecular flexibility index (Phi) is 5.73. The largest absolute Gasteiger partial charge is 0.393 e. The minimum atomic E-state index is -0.117. The fraction of sp³-hybridized carbons (Fsp3) is 0.909. The van der Waals surface area contributed by atoms with Gasteiger partial charge in [-0.05, 0) is 25.8 Å². The fourth-order valence-corrected chi connectivity index (χ4v) is 1.95. The third-order valence-corrected chi connectivity index (χ3v) is 2.82. The van der Waals surface area contributed by atoms with Gasteiger partial charge in [0.25, 0.3) is 0 Å². The first-order valence-electron chi connectivity index (χ1n) is 5.74. The molecule has 0 aliphatic heterocycles. The van der Waals surface area contributed by atoms with Crippen molar-refractivity contribution < 1.29 is 14.6 Å². The van der Waals surface area contributed by atoms with Crippen molar-refractivity contribution in [3.8, 4) is 0 Å². The van der Waals surface area contributed by atoms with Crippen molar-refractivity contribution in [1.29, 1.82) is 0 Å². The highest BCUT2D eigenvalue weighted by Crippen LogP contribution is 2.27. The van der Waals surface area contributed by atoms with Gasteiger partial charge in [0.15, 0.2) is 0 Å². The topological polar surface area (TPSA) is 61.8 Å². The molecule has 0 saturated heterocycles. The molecule has 0 aromatic heterocycles. The van der Waals surface area contributed by atoms with Gasteiger partial charge in [-0.3, -0.25) is 9.69 Å². The lowest BCUT2D eigenvalue weighted by Gasteiger charge is -2.34. The van der Waals surface area contributed by atoms with E-state index in [1.165, 1.54) is 0 Å². The van der Waals surface area contributed by atoms with Gasteiger partial charge in [-0.2, -0.15) is 0 Å². The molecule has 1 amide bonds. The summed E-state index contributed by atoms with van der Waals surface area (Å²) in [4.78, 5) is 13.4. The van der Waals surface area contributed by atoms with Crippen molar-refractivity contribution in [1.82, 2.24) is 10.2 Å². The number of amides is 1. The summed E-state index contributed by atoms with van der Waals surface area (Å²) in [6.07, 6.45) is 1.62. The lowest BCUT2D eigenvalue weighted by Crippen LogP contribution is -2.42. The minimum Gasteiger partial charge on any atom is -0.393 e. The zero-order chi connectivity index (χ0) is 12.0. The lowest BCUT2D eigenvalue weighted by molar-refractivity contribution is -0.122. The maximum atomic E-state index is 11.4. The van der Waals surface area contributed by atoms with Crippen LogP contribution in [0.2, 0.25) is 0 Å². The second-order valence-corrected chi connectivity index (χ2v) is 4.53. The average Bonchev–Trinajstić information content (AvgIpc) is 2.15. The van der Waals surface area contributed by atoms with Crippen LogP contribution in [0.25, 0.3) is 0 Å². The van der Waals surface area contributed by atoms with Gasteiger partial charge in [0.2, 0.25) is 5.91 Å². The SMILES string of the molecule is COCCNC(=O)CN(C)CC1CC(O)C1. The number of aliphatic hydroxyl groups excluding tert-OH is 1. The standard InChI is InChI=1S/C11H22N2O3/c1-13(7-9-5-10(14)6-9)8-11(15)12-3-4-16-2/h9-10,14H,3-8H2,1-2H3,(H,12,15). The van der Waals surface area contributed by atoms with E-state index in [4.69, 9.17) is 9.84 Å². The molecule has 0 radical (unpaired) electrons. The van der Waals surface area contributed by atoms with Gasteiger partial charge >= 0.3 is 0 Å². The molecule has 0 aromatic rings. The van der Waals surface area contributed by atoms with Gasteiger partial charge in [-0.1, -0.05) is 0 Å². The molecule has 0 atom stereocenters. The van der Waals surface area contributed by atoms with Crippen molar-refractivity contribution in [2.45, 2.75) is 18.9 Å². The van der Waals surface area contributed by atoms with Crippen LogP contribution in [0, 0.1) is 5.92 Å². The molecule has 1 aliphatic carbocycles. The van der Waals surface area contributed by atoms with Crippen molar-refractivity contribution in [3.63, 3.8) is 0 Å². The summed E-state index contributed by atoms with van der Waals surface area (Å²) in [6.45, 7) is 2.40. The van der Waals surface area contributed by atoms with Crippen LogP contribution in [0.3, 0.4) is 0 Å². The maximum absolute atomic E-state index is 11.4. The molecule has 0 aromatic carbocycles. The summed E-state index contributed by atoms with van der Waals surface area (Å²) in [7, 11) is 3.54. The highest BCUT2D eigenvalue weighted by Gasteiger charge is 2.28. The quantitative estimate of drug-likeness (QED) is 0.576. The number of aliphatic hydroxyl groups is 1. The van der Waals surface area contributed by atoms with Crippen molar-refractivity contribution in [2.24, 2.45) is 5.92 Å². The molecule has 1 rings (SSSR count). The van der Waals surface area contributed by atoms with E-state index in [0.29, 0.717) is 25.6 Å². The Morgan fingerprint density at radius 1 is 1.56 bits per heavy atom. The van der Waals surface area contributed by atoms with E-state index in [2.05, 4.69) is 5.32 Å². The van der Waals surface area contributed by atoms with Crippen LogP contribution in [-0.4, -0.2) is 62.4 Å². The first-order chi connectivity index (χ1) is 7.61. The van der Waals surface area contributed by atoms with E-state index >= 15 is 0 Å². The monoisotopic (exact) mass is 230 g/mol. The molecule has 0 unspecified atom stereocenters. The molecule has 0 spiro atoms. The number of nitrogens with zero attached hydrogens (tertiary/aromatic N) is 1. The van der Waals surface area contributed by atoms with Gasteiger partial charge in [-0.25, -0.2) is 0 Å². The smallest absolute Gasteiger partial charge is 0.234 e. The summed E-state index contributed by atoms with van der Waals surface area (Å²) >= 11 is 0. The van der Waals surface area contributed by atoms with Crippen LogP contribution in [0.5, 0.6) is 0 Å². The Morgan fingerprint density at radius 2 is 2.25 bits per heavy atom. The molecule has 2 N–H and O–H groups in total. The Bertz CT molecular complexity index is 217. The summed E-state index contributed by atoms with van der Waals surface area (Å²) in [5.41, 5.74) is 0. The van der Waals surface area contributed by atoms with Gasteiger partial charge in [0.1, 0.15) is 0 Å². The highest BCUT2D eigenvalue weighted by molar-refractivity contribution is 5.77. The number of ether oxygens (including phenoxy) is 1.